The molecule has 1 heterocycles. The van der Waals surface area contributed by atoms with E-state index in [2.05, 4.69) is 10.9 Å². The molecule has 1 aromatic carbocycles. The van der Waals surface area contributed by atoms with E-state index in [1.807, 2.05) is 0 Å². The molecule has 1 saturated carbocycles. The largest absolute Gasteiger partial charge is 0.440 e. The van der Waals surface area contributed by atoms with Crippen molar-refractivity contribution in [1.82, 2.24) is 4.98 Å². The Morgan fingerprint density at radius 3 is 2.93 bits per heavy atom. The maximum absolute atomic E-state index is 13.3. The minimum absolute atomic E-state index is 0.234. The Bertz CT molecular complexity index is 575. The summed E-state index contributed by atoms with van der Waals surface area (Å²) in [5.41, 5.74) is 1.36. The molecule has 0 saturated heterocycles. The van der Waals surface area contributed by atoms with Gasteiger partial charge in [-0.15, -0.1) is 6.42 Å². The third kappa shape index (κ3) is 1.30. The average molecular weight is 201 g/mol. The topological polar surface area (TPSA) is 26.0 Å². The zero-order valence-electron chi connectivity index (χ0n) is 7.96. The summed E-state index contributed by atoms with van der Waals surface area (Å²) in [6, 6.07) is 2.86. The van der Waals surface area contributed by atoms with E-state index >= 15 is 0 Å². The molecule has 1 aliphatic rings. The van der Waals surface area contributed by atoms with Gasteiger partial charge in [0.25, 0.3) is 0 Å². The van der Waals surface area contributed by atoms with Crippen molar-refractivity contribution in [3.63, 3.8) is 0 Å². The van der Waals surface area contributed by atoms with Gasteiger partial charge in [0, 0.05) is 12.0 Å². The minimum Gasteiger partial charge on any atom is -0.440 e. The standard InChI is InChI=1S/C12H8FNO/c1-2-7-5-10-11(6-9(7)13)15-12(14-10)8-3-4-8/h1,5-6,8H,3-4H2. The number of rotatable bonds is 1. The highest BCUT2D eigenvalue weighted by molar-refractivity contribution is 5.75. The van der Waals surface area contributed by atoms with E-state index in [-0.39, 0.29) is 5.56 Å². The summed E-state index contributed by atoms with van der Waals surface area (Å²) in [7, 11) is 0. The van der Waals surface area contributed by atoms with Crippen molar-refractivity contribution in [1.29, 1.82) is 0 Å². The highest BCUT2D eigenvalue weighted by atomic mass is 19.1. The maximum Gasteiger partial charge on any atom is 0.198 e. The molecule has 0 amide bonds. The van der Waals surface area contributed by atoms with Crippen LogP contribution >= 0.6 is 0 Å². The van der Waals surface area contributed by atoms with Crippen molar-refractivity contribution in [2.45, 2.75) is 18.8 Å². The third-order valence-corrected chi connectivity index (χ3v) is 2.58. The molecule has 3 rings (SSSR count). The van der Waals surface area contributed by atoms with E-state index < -0.39 is 5.82 Å². The van der Waals surface area contributed by atoms with E-state index in [9.17, 15) is 4.39 Å². The van der Waals surface area contributed by atoms with E-state index in [0.717, 1.165) is 12.8 Å². The molecule has 2 nitrogen and oxygen atoms in total. The summed E-state index contributed by atoms with van der Waals surface area (Å²) < 4.78 is 18.8. The van der Waals surface area contributed by atoms with Crippen LogP contribution < -0.4 is 0 Å². The first-order chi connectivity index (χ1) is 7.28. The molecule has 0 N–H and O–H groups in total. The Hall–Kier alpha value is -1.82. The zero-order valence-corrected chi connectivity index (χ0v) is 7.96. The Balaban J connectivity index is 2.22. The van der Waals surface area contributed by atoms with Gasteiger partial charge < -0.3 is 4.42 Å². The molecule has 0 aliphatic heterocycles. The monoisotopic (exact) mass is 201 g/mol. The fraction of sp³-hybridized carbons (Fsp3) is 0.250. The normalized spacial score (nSPS) is 15.5. The molecule has 0 radical (unpaired) electrons. The van der Waals surface area contributed by atoms with Crippen LogP contribution in [-0.2, 0) is 0 Å². The van der Waals surface area contributed by atoms with Crippen molar-refractivity contribution in [2.24, 2.45) is 0 Å². The summed E-state index contributed by atoms with van der Waals surface area (Å²) in [5.74, 6) is 2.99. The predicted octanol–water partition coefficient (Wildman–Crippen LogP) is 2.83. The number of fused-ring (bicyclic) bond motifs is 1. The number of hydrogen-bond acceptors (Lipinski definition) is 2. The van der Waals surface area contributed by atoms with E-state index in [1.165, 1.54) is 6.07 Å². The Morgan fingerprint density at radius 2 is 2.27 bits per heavy atom. The first kappa shape index (κ1) is 8.49. The lowest BCUT2D eigenvalue weighted by Gasteiger charge is -1.92. The van der Waals surface area contributed by atoms with Gasteiger partial charge in [-0.25, -0.2) is 9.37 Å². The lowest BCUT2D eigenvalue weighted by Crippen LogP contribution is -1.82. The zero-order chi connectivity index (χ0) is 10.4. The van der Waals surface area contributed by atoms with Crippen LogP contribution in [0.1, 0.15) is 30.2 Å². The maximum atomic E-state index is 13.3. The fourth-order valence-electron chi connectivity index (χ4n) is 1.58. The van der Waals surface area contributed by atoms with Gasteiger partial charge in [-0.2, -0.15) is 0 Å². The Kier molecular flexibility index (Phi) is 1.60. The molecule has 3 heteroatoms. The van der Waals surface area contributed by atoms with Gasteiger partial charge in [-0.1, -0.05) is 5.92 Å². The quantitative estimate of drug-likeness (QED) is 0.663. The van der Waals surface area contributed by atoms with Gasteiger partial charge in [0.05, 0.1) is 5.56 Å². The van der Waals surface area contributed by atoms with Crippen LogP contribution in [0.2, 0.25) is 0 Å². The van der Waals surface area contributed by atoms with Gasteiger partial charge >= 0.3 is 0 Å². The van der Waals surface area contributed by atoms with Crippen molar-refractivity contribution in [3.05, 3.63) is 29.4 Å². The molecule has 1 aromatic heterocycles. The van der Waals surface area contributed by atoms with E-state index in [0.29, 0.717) is 22.9 Å². The van der Waals surface area contributed by atoms with Crippen LogP contribution in [0.4, 0.5) is 4.39 Å². The van der Waals surface area contributed by atoms with Crippen molar-refractivity contribution in [2.75, 3.05) is 0 Å². The fourth-order valence-corrected chi connectivity index (χ4v) is 1.58. The summed E-state index contributed by atoms with van der Waals surface area (Å²) in [5, 5.41) is 0. The Morgan fingerprint density at radius 1 is 1.47 bits per heavy atom. The molecule has 0 atom stereocenters. The van der Waals surface area contributed by atoms with Gasteiger partial charge in [-0.05, 0) is 18.9 Å². The lowest BCUT2D eigenvalue weighted by molar-refractivity contribution is 0.530. The van der Waals surface area contributed by atoms with Crippen LogP contribution in [-0.4, -0.2) is 4.98 Å². The second-order valence-electron chi connectivity index (χ2n) is 3.77. The van der Waals surface area contributed by atoms with Gasteiger partial charge in [0.2, 0.25) is 0 Å². The van der Waals surface area contributed by atoms with Crippen LogP contribution in [0.15, 0.2) is 16.5 Å². The molecular weight excluding hydrogens is 193 g/mol. The van der Waals surface area contributed by atoms with Crippen LogP contribution in [0.5, 0.6) is 0 Å². The minimum atomic E-state index is -0.427. The summed E-state index contributed by atoms with van der Waals surface area (Å²) >= 11 is 0. The van der Waals surface area contributed by atoms with Crippen LogP contribution in [0.3, 0.4) is 0 Å². The second kappa shape index (κ2) is 2.83. The highest BCUT2D eigenvalue weighted by Gasteiger charge is 2.29. The molecule has 0 bridgehead atoms. The highest BCUT2D eigenvalue weighted by Crippen LogP contribution is 2.40. The smallest absolute Gasteiger partial charge is 0.198 e. The first-order valence-corrected chi connectivity index (χ1v) is 4.84. The van der Waals surface area contributed by atoms with E-state index in [4.69, 9.17) is 10.8 Å². The SMILES string of the molecule is C#Cc1cc2nc(C3CC3)oc2cc1F. The van der Waals surface area contributed by atoms with Gasteiger partial charge in [-0.3, -0.25) is 0 Å². The van der Waals surface area contributed by atoms with Gasteiger partial charge in [0.1, 0.15) is 11.3 Å². The van der Waals surface area contributed by atoms with Crippen molar-refractivity contribution in [3.8, 4) is 12.3 Å². The average Bonchev–Trinajstić information content (AvgIpc) is 2.99. The number of aromatic nitrogens is 1. The molecule has 15 heavy (non-hydrogen) atoms. The van der Waals surface area contributed by atoms with Crippen molar-refractivity contribution >= 4 is 11.1 Å². The number of oxazole rings is 1. The van der Waals surface area contributed by atoms with Gasteiger partial charge in [0.15, 0.2) is 11.5 Å². The molecule has 1 aliphatic carbocycles. The molecule has 1 fully saturated rings. The summed E-state index contributed by atoms with van der Waals surface area (Å²) in [4.78, 5) is 4.30. The molecule has 0 unspecified atom stereocenters. The molecule has 2 aromatic rings. The predicted molar refractivity (Wildman–Crippen MR) is 53.9 cm³/mol. The van der Waals surface area contributed by atoms with Crippen molar-refractivity contribution < 1.29 is 8.81 Å². The van der Waals surface area contributed by atoms with Crippen LogP contribution in [0.25, 0.3) is 11.1 Å². The lowest BCUT2D eigenvalue weighted by atomic mass is 10.2. The number of hydrogen-bond donors (Lipinski definition) is 0. The number of benzene rings is 1. The number of nitrogens with zero attached hydrogens (tertiary/aromatic N) is 1. The first-order valence-electron chi connectivity index (χ1n) is 4.84. The van der Waals surface area contributed by atoms with Crippen LogP contribution in [0, 0.1) is 18.2 Å². The Labute approximate surface area is 86.1 Å². The molecule has 74 valence electrons. The third-order valence-electron chi connectivity index (χ3n) is 2.58. The number of terminal acetylenes is 1. The number of halogens is 1. The second-order valence-corrected chi connectivity index (χ2v) is 3.77. The van der Waals surface area contributed by atoms with E-state index in [1.54, 1.807) is 6.07 Å². The summed E-state index contributed by atoms with van der Waals surface area (Å²) in [6.45, 7) is 0. The summed E-state index contributed by atoms with van der Waals surface area (Å²) in [6.07, 6.45) is 7.39. The molecular formula is C12H8FNO. The molecule has 0 spiro atoms.